The third-order valence-corrected chi connectivity index (χ3v) is 5.40. The maximum absolute atomic E-state index is 13.3. The van der Waals surface area contributed by atoms with Crippen LogP contribution >= 0.6 is 0 Å². The number of likely N-dealkylation sites (tertiary alicyclic amines) is 1. The van der Waals surface area contributed by atoms with E-state index in [4.69, 9.17) is 4.74 Å². The number of nitrogens with zero attached hydrogens (tertiary/aromatic N) is 2. The summed E-state index contributed by atoms with van der Waals surface area (Å²) in [6.07, 6.45) is 3.78. The van der Waals surface area contributed by atoms with Crippen LogP contribution in [0.3, 0.4) is 0 Å². The molecule has 0 saturated carbocycles. The first-order valence-corrected chi connectivity index (χ1v) is 9.07. The highest BCUT2D eigenvalue weighted by Gasteiger charge is 2.26. The van der Waals surface area contributed by atoms with Crippen LogP contribution in [0.1, 0.15) is 23.2 Å². The molecule has 0 aliphatic carbocycles. The van der Waals surface area contributed by atoms with Gasteiger partial charge in [0.2, 0.25) is 0 Å². The molecule has 5 nitrogen and oxygen atoms in total. The smallest absolute Gasteiger partial charge is 0.256 e. The first kappa shape index (κ1) is 16.5. The summed E-state index contributed by atoms with van der Waals surface area (Å²) < 4.78 is 18.7. The average molecular weight is 345 g/mol. The minimum Gasteiger partial charge on any atom is -0.379 e. The molecule has 0 atom stereocenters. The fraction of sp³-hybridized carbons (Fsp3) is 0.526. The van der Waals surface area contributed by atoms with Gasteiger partial charge in [-0.05, 0) is 37.0 Å². The Bertz CT molecular complexity index is 746. The molecule has 2 aliphatic heterocycles. The van der Waals surface area contributed by atoms with Gasteiger partial charge in [0.25, 0.3) is 5.91 Å². The van der Waals surface area contributed by atoms with Crippen molar-refractivity contribution in [2.75, 3.05) is 45.9 Å². The molecule has 25 heavy (non-hydrogen) atoms. The summed E-state index contributed by atoms with van der Waals surface area (Å²) >= 11 is 0. The summed E-state index contributed by atoms with van der Waals surface area (Å²) in [6.45, 7) is 6.40. The van der Waals surface area contributed by atoms with Crippen LogP contribution in [-0.2, 0) is 4.74 Å². The molecule has 0 unspecified atom stereocenters. The summed E-state index contributed by atoms with van der Waals surface area (Å²) in [5.74, 6) is 0.402. The number of nitrogens with one attached hydrogen (secondary N) is 1. The van der Waals surface area contributed by atoms with E-state index >= 15 is 0 Å². The molecule has 0 spiro atoms. The van der Waals surface area contributed by atoms with Gasteiger partial charge >= 0.3 is 0 Å². The molecule has 4 rings (SSSR count). The fourth-order valence-corrected chi connectivity index (χ4v) is 3.91. The predicted molar refractivity (Wildman–Crippen MR) is 94.1 cm³/mol. The minimum atomic E-state index is -0.294. The molecular weight excluding hydrogens is 321 g/mol. The van der Waals surface area contributed by atoms with Gasteiger partial charge < -0.3 is 14.6 Å². The number of ether oxygens (including phenoxy) is 1. The quantitative estimate of drug-likeness (QED) is 0.930. The number of halogens is 1. The number of hydrogen-bond donors (Lipinski definition) is 1. The van der Waals surface area contributed by atoms with Crippen LogP contribution in [0.4, 0.5) is 4.39 Å². The lowest BCUT2D eigenvalue weighted by Gasteiger charge is -2.36. The zero-order valence-electron chi connectivity index (χ0n) is 14.3. The van der Waals surface area contributed by atoms with E-state index in [9.17, 15) is 9.18 Å². The molecular formula is C19H24FN3O2. The Labute approximate surface area is 146 Å². The van der Waals surface area contributed by atoms with Gasteiger partial charge in [0.15, 0.2) is 0 Å². The van der Waals surface area contributed by atoms with Gasteiger partial charge in [-0.25, -0.2) is 4.39 Å². The summed E-state index contributed by atoms with van der Waals surface area (Å²) in [5, 5.41) is 0.793. The van der Waals surface area contributed by atoms with Crippen molar-refractivity contribution in [2.24, 2.45) is 5.92 Å². The van der Waals surface area contributed by atoms with Crippen molar-refractivity contribution in [3.05, 3.63) is 35.8 Å². The number of morpholine rings is 1. The van der Waals surface area contributed by atoms with Crippen molar-refractivity contribution < 1.29 is 13.9 Å². The lowest BCUT2D eigenvalue weighted by molar-refractivity contribution is 0.0243. The second-order valence-electron chi connectivity index (χ2n) is 7.04. The second kappa shape index (κ2) is 7.14. The van der Waals surface area contributed by atoms with Crippen LogP contribution in [0.2, 0.25) is 0 Å². The fourth-order valence-electron chi connectivity index (χ4n) is 3.91. The van der Waals surface area contributed by atoms with E-state index in [1.165, 1.54) is 12.1 Å². The van der Waals surface area contributed by atoms with Crippen molar-refractivity contribution >= 4 is 16.8 Å². The molecule has 1 aromatic carbocycles. The molecule has 2 saturated heterocycles. The van der Waals surface area contributed by atoms with Crippen LogP contribution in [0.15, 0.2) is 24.4 Å². The first-order chi connectivity index (χ1) is 12.2. The Morgan fingerprint density at radius 1 is 1.20 bits per heavy atom. The van der Waals surface area contributed by atoms with Crippen molar-refractivity contribution in [2.45, 2.75) is 12.8 Å². The maximum Gasteiger partial charge on any atom is 0.256 e. The lowest BCUT2D eigenvalue weighted by atomic mass is 9.95. The monoisotopic (exact) mass is 345 g/mol. The number of fused-ring (bicyclic) bond motifs is 1. The van der Waals surface area contributed by atoms with Gasteiger partial charge in [-0.15, -0.1) is 0 Å². The average Bonchev–Trinajstić information content (AvgIpc) is 3.05. The number of piperidine rings is 1. The lowest BCUT2D eigenvalue weighted by Crippen LogP contribution is -2.44. The zero-order chi connectivity index (χ0) is 17.2. The standard InChI is InChI=1S/C19H24FN3O2/c20-15-1-2-16-17(12-21-18(16)11-15)19(24)23-5-3-14(4-6-23)13-22-7-9-25-10-8-22/h1-2,11-12,14,21H,3-10,13H2. The van der Waals surface area contributed by atoms with Gasteiger partial charge in [0.05, 0.1) is 18.8 Å². The maximum atomic E-state index is 13.3. The van der Waals surface area contributed by atoms with Crippen LogP contribution < -0.4 is 0 Å². The summed E-state index contributed by atoms with van der Waals surface area (Å²) in [6, 6.07) is 4.52. The third-order valence-electron chi connectivity index (χ3n) is 5.40. The molecule has 1 N–H and O–H groups in total. The molecule has 2 aliphatic rings. The number of hydrogen-bond acceptors (Lipinski definition) is 3. The molecule has 6 heteroatoms. The van der Waals surface area contributed by atoms with Gasteiger partial charge in [0.1, 0.15) is 5.82 Å². The van der Waals surface area contributed by atoms with Crippen molar-refractivity contribution in [1.29, 1.82) is 0 Å². The normalized spacial score (nSPS) is 20.3. The highest BCUT2D eigenvalue weighted by atomic mass is 19.1. The number of amides is 1. The molecule has 0 radical (unpaired) electrons. The number of benzene rings is 1. The van der Waals surface area contributed by atoms with E-state index in [-0.39, 0.29) is 11.7 Å². The number of carbonyl (C=O) groups excluding carboxylic acids is 1. The minimum absolute atomic E-state index is 0.0441. The highest BCUT2D eigenvalue weighted by Crippen LogP contribution is 2.24. The second-order valence-corrected chi connectivity index (χ2v) is 7.04. The van der Waals surface area contributed by atoms with Gasteiger partial charge in [-0.2, -0.15) is 0 Å². The number of aromatic nitrogens is 1. The molecule has 2 aromatic rings. The van der Waals surface area contributed by atoms with Crippen LogP contribution in [-0.4, -0.2) is 66.6 Å². The summed E-state index contributed by atoms with van der Waals surface area (Å²) in [7, 11) is 0. The largest absolute Gasteiger partial charge is 0.379 e. The van der Waals surface area contributed by atoms with Gasteiger partial charge in [-0.1, -0.05) is 0 Å². The van der Waals surface area contributed by atoms with Crippen LogP contribution in [0.25, 0.3) is 10.9 Å². The van der Waals surface area contributed by atoms with Crippen molar-refractivity contribution in [3.8, 4) is 0 Å². The molecule has 2 fully saturated rings. The first-order valence-electron chi connectivity index (χ1n) is 9.07. The topological polar surface area (TPSA) is 48.6 Å². The predicted octanol–water partition coefficient (Wildman–Crippen LogP) is 2.49. The number of carbonyl (C=O) groups is 1. The Kier molecular flexibility index (Phi) is 4.72. The molecule has 3 heterocycles. The molecule has 1 amide bonds. The van der Waals surface area contributed by atoms with Gasteiger partial charge in [0, 0.05) is 49.8 Å². The number of H-pyrrole nitrogens is 1. The van der Waals surface area contributed by atoms with E-state index in [0.717, 1.165) is 64.2 Å². The number of rotatable bonds is 3. The van der Waals surface area contributed by atoms with Crippen molar-refractivity contribution in [3.63, 3.8) is 0 Å². The molecule has 0 bridgehead atoms. The van der Waals surface area contributed by atoms with E-state index in [0.29, 0.717) is 17.0 Å². The Balaban J connectivity index is 1.37. The zero-order valence-corrected chi connectivity index (χ0v) is 14.3. The SMILES string of the molecule is O=C(c1c[nH]c2cc(F)ccc12)N1CCC(CN2CCOCC2)CC1. The van der Waals surface area contributed by atoms with E-state index in [1.807, 2.05) is 4.90 Å². The van der Waals surface area contributed by atoms with Crippen LogP contribution in [0.5, 0.6) is 0 Å². The number of aromatic amines is 1. The Hall–Kier alpha value is -1.92. The third kappa shape index (κ3) is 3.55. The highest BCUT2D eigenvalue weighted by molar-refractivity contribution is 6.06. The summed E-state index contributed by atoms with van der Waals surface area (Å²) in [4.78, 5) is 20.3. The van der Waals surface area contributed by atoms with E-state index in [2.05, 4.69) is 9.88 Å². The van der Waals surface area contributed by atoms with E-state index < -0.39 is 0 Å². The molecule has 134 valence electrons. The van der Waals surface area contributed by atoms with E-state index in [1.54, 1.807) is 12.3 Å². The Morgan fingerprint density at radius 2 is 1.96 bits per heavy atom. The van der Waals surface area contributed by atoms with Crippen molar-refractivity contribution in [1.82, 2.24) is 14.8 Å². The van der Waals surface area contributed by atoms with Crippen LogP contribution in [0, 0.1) is 11.7 Å². The Morgan fingerprint density at radius 3 is 2.72 bits per heavy atom. The summed E-state index contributed by atoms with van der Waals surface area (Å²) in [5.41, 5.74) is 1.31. The molecule has 1 aromatic heterocycles. The van der Waals surface area contributed by atoms with Gasteiger partial charge in [-0.3, -0.25) is 9.69 Å².